The summed E-state index contributed by atoms with van der Waals surface area (Å²) in [6, 6.07) is -2.52. The van der Waals surface area contributed by atoms with E-state index in [-0.39, 0.29) is 5.92 Å². The molecule has 0 heterocycles. The standard InChI is InChI=1S/C12H25N3O4/c1-7(2)10(9(14)12(18)19)15-8(11(16)17)5-3-4-6-13/h7-10,15H,3-6,13-14H2,1-2H3,(H,16,17)(H,18,19)/t8-,9-,10?/m0/s1. The Balaban J connectivity index is 4.66. The molecule has 112 valence electrons. The van der Waals surface area contributed by atoms with Crippen LogP contribution in [0.2, 0.25) is 0 Å². The number of unbranched alkanes of at least 4 members (excludes halogenated alkanes) is 1. The molecule has 0 amide bonds. The van der Waals surface area contributed by atoms with Crippen molar-refractivity contribution in [2.75, 3.05) is 6.54 Å². The van der Waals surface area contributed by atoms with Crippen molar-refractivity contribution in [3.63, 3.8) is 0 Å². The summed E-state index contributed by atoms with van der Waals surface area (Å²) in [6.07, 6.45) is 1.82. The summed E-state index contributed by atoms with van der Waals surface area (Å²) in [5.74, 6) is -2.22. The molecule has 7 N–H and O–H groups in total. The molecule has 19 heavy (non-hydrogen) atoms. The second-order valence-corrected chi connectivity index (χ2v) is 4.98. The molecule has 7 nitrogen and oxygen atoms in total. The maximum absolute atomic E-state index is 11.2. The third-order valence-corrected chi connectivity index (χ3v) is 3.03. The molecular weight excluding hydrogens is 250 g/mol. The van der Waals surface area contributed by atoms with Crippen molar-refractivity contribution >= 4 is 11.9 Å². The minimum Gasteiger partial charge on any atom is -0.480 e. The van der Waals surface area contributed by atoms with Crippen LogP contribution in [-0.2, 0) is 9.59 Å². The average molecular weight is 275 g/mol. The van der Waals surface area contributed by atoms with Gasteiger partial charge in [0.2, 0.25) is 0 Å². The lowest BCUT2D eigenvalue weighted by Crippen LogP contribution is -2.57. The molecule has 1 unspecified atom stereocenters. The second-order valence-electron chi connectivity index (χ2n) is 4.98. The number of nitrogens with one attached hydrogen (secondary N) is 1. The van der Waals surface area contributed by atoms with Crippen molar-refractivity contribution in [2.45, 2.75) is 51.2 Å². The highest BCUT2D eigenvalue weighted by molar-refractivity contribution is 5.75. The summed E-state index contributed by atoms with van der Waals surface area (Å²) in [5.41, 5.74) is 11.0. The van der Waals surface area contributed by atoms with E-state index in [1.165, 1.54) is 0 Å². The number of carboxylic acids is 2. The topological polar surface area (TPSA) is 139 Å². The first kappa shape index (κ1) is 17.8. The van der Waals surface area contributed by atoms with E-state index in [9.17, 15) is 9.59 Å². The highest BCUT2D eigenvalue weighted by Gasteiger charge is 2.31. The largest absolute Gasteiger partial charge is 0.480 e. The first-order chi connectivity index (χ1) is 8.81. The molecule has 0 fully saturated rings. The van der Waals surface area contributed by atoms with Gasteiger partial charge in [-0.05, 0) is 25.3 Å². The molecule has 0 aliphatic rings. The van der Waals surface area contributed by atoms with Crippen molar-refractivity contribution < 1.29 is 19.8 Å². The van der Waals surface area contributed by atoms with Crippen LogP contribution in [0, 0.1) is 5.92 Å². The van der Waals surface area contributed by atoms with Gasteiger partial charge in [-0.2, -0.15) is 0 Å². The van der Waals surface area contributed by atoms with Crippen LogP contribution in [0.1, 0.15) is 33.1 Å². The molecule has 0 aliphatic carbocycles. The maximum atomic E-state index is 11.2. The molecule has 0 bridgehead atoms. The Morgan fingerprint density at radius 1 is 1.16 bits per heavy atom. The number of rotatable bonds is 10. The Labute approximate surface area is 113 Å². The molecule has 0 aromatic rings. The number of carbonyl (C=O) groups is 2. The van der Waals surface area contributed by atoms with Crippen LogP contribution in [0.4, 0.5) is 0 Å². The van der Waals surface area contributed by atoms with Crippen molar-refractivity contribution in [1.29, 1.82) is 0 Å². The Hall–Kier alpha value is -1.18. The van der Waals surface area contributed by atoms with Gasteiger partial charge in [0.25, 0.3) is 0 Å². The van der Waals surface area contributed by atoms with Crippen LogP contribution in [0.25, 0.3) is 0 Å². The van der Waals surface area contributed by atoms with Gasteiger partial charge in [-0.1, -0.05) is 20.3 Å². The summed E-state index contributed by atoms with van der Waals surface area (Å²) < 4.78 is 0. The molecule has 3 atom stereocenters. The zero-order valence-corrected chi connectivity index (χ0v) is 11.5. The third-order valence-electron chi connectivity index (χ3n) is 3.03. The van der Waals surface area contributed by atoms with E-state index in [4.69, 9.17) is 21.7 Å². The van der Waals surface area contributed by atoms with Crippen LogP contribution >= 0.6 is 0 Å². The molecule has 0 aliphatic heterocycles. The van der Waals surface area contributed by atoms with Gasteiger partial charge in [0, 0.05) is 6.04 Å². The lowest BCUT2D eigenvalue weighted by molar-refractivity contribution is -0.143. The predicted octanol–water partition coefficient (Wildman–Crippen LogP) is -0.405. The monoisotopic (exact) mass is 275 g/mol. The summed E-state index contributed by atoms with van der Waals surface area (Å²) >= 11 is 0. The first-order valence-corrected chi connectivity index (χ1v) is 6.48. The molecular formula is C12H25N3O4. The van der Waals surface area contributed by atoms with E-state index < -0.39 is 30.1 Å². The van der Waals surface area contributed by atoms with E-state index in [1.807, 2.05) is 0 Å². The van der Waals surface area contributed by atoms with Gasteiger partial charge >= 0.3 is 11.9 Å². The highest BCUT2D eigenvalue weighted by atomic mass is 16.4. The summed E-state index contributed by atoms with van der Waals surface area (Å²) in [4.78, 5) is 22.1. The third kappa shape index (κ3) is 6.51. The van der Waals surface area contributed by atoms with E-state index in [0.717, 1.165) is 6.42 Å². The molecule has 0 saturated carbocycles. The van der Waals surface area contributed by atoms with Crippen LogP contribution in [0.15, 0.2) is 0 Å². The quantitative estimate of drug-likeness (QED) is 0.342. The van der Waals surface area contributed by atoms with Gasteiger partial charge in [-0.25, -0.2) is 0 Å². The smallest absolute Gasteiger partial charge is 0.322 e. The maximum Gasteiger partial charge on any atom is 0.322 e. The van der Waals surface area contributed by atoms with E-state index in [2.05, 4.69) is 5.32 Å². The number of hydrogen-bond acceptors (Lipinski definition) is 5. The van der Waals surface area contributed by atoms with Crippen LogP contribution in [-0.4, -0.2) is 46.8 Å². The zero-order valence-electron chi connectivity index (χ0n) is 11.5. The Morgan fingerprint density at radius 3 is 2.11 bits per heavy atom. The fraction of sp³-hybridized carbons (Fsp3) is 0.833. The van der Waals surface area contributed by atoms with E-state index in [1.54, 1.807) is 13.8 Å². The molecule has 0 radical (unpaired) electrons. The molecule has 0 saturated heterocycles. The summed E-state index contributed by atoms with van der Waals surface area (Å²) in [6.45, 7) is 4.12. The lowest BCUT2D eigenvalue weighted by atomic mass is 9.95. The molecule has 0 rings (SSSR count). The lowest BCUT2D eigenvalue weighted by Gasteiger charge is -2.29. The van der Waals surface area contributed by atoms with E-state index in [0.29, 0.717) is 19.4 Å². The average Bonchev–Trinajstić information content (AvgIpc) is 2.31. The normalized spacial score (nSPS) is 16.1. The second kappa shape index (κ2) is 8.84. The van der Waals surface area contributed by atoms with E-state index >= 15 is 0 Å². The minimum absolute atomic E-state index is 0.0811. The van der Waals surface area contributed by atoms with Crippen molar-refractivity contribution in [1.82, 2.24) is 5.32 Å². The number of hydrogen-bond donors (Lipinski definition) is 5. The van der Waals surface area contributed by atoms with Crippen LogP contribution < -0.4 is 16.8 Å². The minimum atomic E-state index is -1.14. The number of aliphatic carboxylic acids is 2. The first-order valence-electron chi connectivity index (χ1n) is 6.48. The predicted molar refractivity (Wildman–Crippen MR) is 71.7 cm³/mol. The number of carboxylic acid groups (broad SMARTS) is 2. The van der Waals surface area contributed by atoms with Crippen LogP contribution in [0.5, 0.6) is 0 Å². The summed E-state index contributed by atoms with van der Waals surface area (Å²) in [5, 5.41) is 20.9. The van der Waals surface area contributed by atoms with Gasteiger partial charge in [-0.3, -0.25) is 14.9 Å². The van der Waals surface area contributed by atoms with Gasteiger partial charge in [0.05, 0.1) is 0 Å². The summed E-state index contributed by atoms with van der Waals surface area (Å²) in [7, 11) is 0. The molecule has 0 spiro atoms. The molecule has 0 aromatic heterocycles. The highest BCUT2D eigenvalue weighted by Crippen LogP contribution is 2.10. The van der Waals surface area contributed by atoms with Gasteiger partial charge in [0.15, 0.2) is 0 Å². The van der Waals surface area contributed by atoms with Gasteiger partial charge in [-0.15, -0.1) is 0 Å². The SMILES string of the molecule is CC(C)C(N[C@@H](CCCCN)C(=O)O)[C@H](N)C(=O)O. The Morgan fingerprint density at radius 2 is 1.74 bits per heavy atom. The van der Waals surface area contributed by atoms with Crippen LogP contribution in [0.3, 0.4) is 0 Å². The van der Waals surface area contributed by atoms with Crippen molar-refractivity contribution in [2.24, 2.45) is 17.4 Å². The number of nitrogens with two attached hydrogens (primary N) is 2. The fourth-order valence-electron chi connectivity index (χ4n) is 1.87. The molecule has 0 aromatic carbocycles. The molecule has 7 heteroatoms. The zero-order chi connectivity index (χ0) is 15.0. The van der Waals surface area contributed by atoms with Gasteiger partial charge < -0.3 is 21.7 Å². The fourth-order valence-corrected chi connectivity index (χ4v) is 1.87. The van der Waals surface area contributed by atoms with Gasteiger partial charge in [0.1, 0.15) is 12.1 Å². The van der Waals surface area contributed by atoms with Crippen molar-refractivity contribution in [3.8, 4) is 0 Å². The Kier molecular flexibility index (Phi) is 8.29. The van der Waals surface area contributed by atoms with Crippen molar-refractivity contribution in [3.05, 3.63) is 0 Å². The Bertz CT molecular complexity index is 297.